The van der Waals surface area contributed by atoms with Crippen LogP contribution in [0.25, 0.3) is 0 Å². The fourth-order valence-electron chi connectivity index (χ4n) is 2.35. The number of amides is 3. The fourth-order valence-corrected chi connectivity index (χ4v) is 2.35. The normalized spacial score (nSPS) is 13.7. The lowest BCUT2D eigenvalue weighted by atomic mass is 10.0. The van der Waals surface area contributed by atoms with Crippen LogP contribution in [0.2, 0.25) is 0 Å². The molecule has 0 aliphatic heterocycles. The number of aliphatic carboxylic acids is 1. The molecule has 9 nitrogen and oxygen atoms in total. The smallest absolute Gasteiger partial charge is 0.305 e. The second-order valence-electron chi connectivity index (χ2n) is 6.64. The molecule has 0 bridgehead atoms. The van der Waals surface area contributed by atoms with Crippen molar-refractivity contribution < 1.29 is 29.1 Å². The van der Waals surface area contributed by atoms with Gasteiger partial charge in [-0.05, 0) is 25.0 Å². The van der Waals surface area contributed by atoms with Crippen molar-refractivity contribution in [3.63, 3.8) is 0 Å². The molecule has 0 spiro atoms. The minimum atomic E-state index is -1.24. The predicted molar refractivity (Wildman–Crippen MR) is 100 cm³/mol. The molecule has 0 aliphatic carbocycles. The van der Waals surface area contributed by atoms with Crippen molar-refractivity contribution in [2.45, 2.75) is 45.3 Å². The first kappa shape index (κ1) is 22.8. The molecule has 3 amide bonds. The molecule has 0 fully saturated rings. The molecule has 0 aliphatic rings. The van der Waals surface area contributed by atoms with E-state index in [9.17, 15) is 24.0 Å². The van der Waals surface area contributed by atoms with Crippen molar-refractivity contribution in [3.8, 4) is 0 Å². The van der Waals surface area contributed by atoms with Gasteiger partial charge in [-0.1, -0.05) is 32.0 Å². The minimum absolute atomic E-state index is 0.252. The predicted octanol–water partition coefficient (Wildman–Crippen LogP) is 0.104. The van der Waals surface area contributed by atoms with Crippen LogP contribution in [0.4, 0.5) is 0 Å². The number of carboxylic acids is 1. The zero-order valence-corrected chi connectivity index (χ0v) is 16.0. The Hall–Kier alpha value is -3.23. The van der Waals surface area contributed by atoms with Gasteiger partial charge in [0.1, 0.15) is 18.4 Å². The van der Waals surface area contributed by atoms with Gasteiger partial charge in [-0.15, -0.1) is 0 Å². The number of benzene rings is 1. The van der Waals surface area contributed by atoms with Gasteiger partial charge in [-0.2, -0.15) is 0 Å². The van der Waals surface area contributed by atoms with E-state index in [0.717, 1.165) is 0 Å². The Bertz CT molecular complexity index is 720. The standard InChI is InChI=1S/C19H25N3O6/c1-11(2)16(22-18(27)13-7-5-4-6-8-13)19(28)20-12(3)17(26)21-14(10-23)9-15(24)25/h4-8,10-12,14,16H,9H2,1-3H3,(H,20,28)(H,21,26)(H,22,27)(H,24,25)/t12-,14-,16?/m0/s1. The Morgan fingerprint density at radius 3 is 2.07 bits per heavy atom. The van der Waals surface area contributed by atoms with Gasteiger partial charge in [-0.25, -0.2) is 0 Å². The summed E-state index contributed by atoms with van der Waals surface area (Å²) in [4.78, 5) is 58.5. The average molecular weight is 391 g/mol. The van der Waals surface area contributed by atoms with Gasteiger partial charge in [0, 0.05) is 5.56 Å². The molecule has 0 saturated heterocycles. The maximum atomic E-state index is 12.5. The quantitative estimate of drug-likeness (QED) is 0.417. The Balaban J connectivity index is 2.72. The lowest BCUT2D eigenvalue weighted by molar-refractivity contribution is -0.139. The summed E-state index contributed by atoms with van der Waals surface area (Å²) in [7, 11) is 0. The van der Waals surface area contributed by atoms with Crippen molar-refractivity contribution in [3.05, 3.63) is 35.9 Å². The number of aldehydes is 1. The number of carboxylic acid groups (broad SMARTS) is 1. The highest BCUT2D eigenvalue weighted by molar-refractivity contribution is 5.98. The lowest BCUT2D eigenvalue weighted by Gasteiger charge is -2.24. The third-order valence-corrected chi connectivity index (χ3v) is 3.91. The summed E-state index contributed by atoms with van der Waals surface area (Å²) in [6.07, 6.45) is -0.241. The molecule has 28 heavy (non-hydrogen) atoms. The fraction of sp³-hybridized carbons (Fsp3) is 0.421. The molecule has 9 heteroatoms. The van der Waals surface area contributed by atoms with Crippen LogP contribution in [0.15, 0.2) is 30.3 Å². The maximum absolute atomic E-state index is 12.5. The van der Waals surface area contributed by atoms with Crippen LogP contribution in [-0.4, -0.2) is 53.2 Å². The van der Waals surface area contributed by atoms with Crippen LogP contribution in [0.1, 0.15) is 37.6 Å². The van der Waals surface area contributed by atoms with E-state index >= 15 is 0 Å². The number of rotatable bonds is 10. The highest BCUT2D eigenvalue weighted by atomic mass is 16.4. The van der Waals surface area contributed by atoms with Gasteiger partial charge in [0.25, 0.3) is 5.91 Å². The first-order chi connectivity index (χ1) is 13.1. The van der Waals surface area contributed by atoms with Crippen LogP contribution < -0.4 is 16.0 Å². The summed E-state index contributed by atoms with van der Waals surface area (Å²) in [6.45, 7) is 4.89. The Morgan fingerprint density at radius 2 is 1.57 bits per heavy atom. The highest BCUT2D eigenvalue weighted by Crippen LogP contribution is 2.06. The maximum Gasteiger partial charge on any atom is 0.305 e. The summed E-state index contributed by atoms with van der Waals surface area (Å²) in [5, 5.41) is 16.1. The topological polar surface area (TPSA) is 142 Å². The molecule has 152 valence electrons. The summed E-state index contributed by atoms with van der Waals surface area (Å²) < 4.78 is 0. The van der Waals surface area contributed by atoms with Gasteiger partial charge in [-0.3, -0.25) is 19.2 Å². The first-order valence-corrected chi connectivity index (χ1v) is 8.79. The van der Waals surface area contributed by atoms with Crippen LogP contribution in [0.3, 0.4) is 0 Å². The van der Waals surface area contributed by atoms with Crippen LogP contribution in [0, 0.1) is 5.92 Å². The third kappa shape index (κ3) is 7.18. The van der Waals surface area contributed by atoms with Gasteiger partial charge in [0.05, 0.1) is 12.5 Å². The van der Waals surface area contributed by atoms with Gasteiger partial charge >= 0.3 is 5.97 Å². The van der Waals surface area contributed by atoms with Crippen molar-refractivity contribution in [1.29, 1.82) is 0 Å². The molecule has 3 atom stereocenters. The summed E-state index contributed by atoms with van der Waals surface area (Å²) in [6, 6.07) is 5.29. The van der Waals surface area contributed by atoms with E-state index < -0.39 is 48.2 Å². The second kappa shape index (κ2) is 10.8. The monoisotopic (exact) mass is 391 g/mol. The van der Waals surface area contributed by atoms with Crippen LogP contribution in [0.5, 0.6) is 0 Å². The van der Waals surface area contributed by atoms with Gasteiger partial charge in [0.2, 0.25) is 11.8 Å². The largest absolute Gasteiger partial charge is 0.481 e. The number of carbonyl (C=O) groups is 5. The molecule has 1 unspecified atom stereocenters. The van der Waals surface area contributed by atoms with Crippen LogP contribution in [-0.2, 0) is 19.2 Å². The molecular weight excluding hydrogens is 366 g/mol. The first-order valence-electron chi connectivity index (χ1n) is 8.79. The molecular formula is C19H25N3O6. The number of carbonyl (C=O) groups excluding carboxylic acids is 4. The molecule has 0 aromatic heterocycles. The summed E-state index contributed by atoms with van der Waals surface area (Å²) in [5.41, 5.74) is 0.397. The van der Waals surface area contributed by atoms with E-state index in [0.29, 0.717) is 11.8 Å². The third-order valence-electron chi connectivity index (χ3n) is 3.91. The van der Waals surface area contributed by atoms with E-state index in [1.165, 1.54) is 6.92 Å². The van der Waals surface area contributed by atoms with Crippen molar-refractivity contribution in [2.24, 2.45) is 5.92 Å². The van der Waals surface area contributed by atoms with Crippen molar-refractivity contribution in [2.75, 3.05) is 0 Å². The van der Waals surface area contributed by atoms with E-state index in [-0.39, 0.29) is 5.92 Å². The van der Waals surface area contributed by atoms with Gasteiger partial charge in [0.15, 0.2) is 0 Å². The van der Waals surface area contributed by atoms with Crippen molar-refractivity contribution >= 4 is 30.0 Å². The van der Waals surface area contributed by atoms with E-state index in [4.69, 9.17) is 5.11 Å². The zero-order valence-electron chi connectivity index (χ0n) is 16.0. The summed E-state index contributed by atoms with van der Waals surface area (Å²) >= 11 is 0. The van der Waals surface area contributed by atoms with Crippen LogP contribution >= 0.6 is 0 Å². The second-order valence-corrected chi connectivity index (χ2v) is 6.64. The average Bonchev–Trinajstić information content (AvgIpc) is 2.64. The number of nitrogens with one attached hydrogen (secondary N) is 3. The molecule has 0 saturated carbocycles. The molecule has 0 heterocycles. The molecule has 1 rings (SSSR count). The van der Waals surface area contributed by atoms with E-state index in [1.807, 2.05) is 0 Å². The molecule has 0 radical (unpaired) electrons. The zero-order chi connectivity index (χ0) is 21.3. The van der Waals surface area contributed by atoms with Gasteiger partial charge < -0.3 is 25.9 Å². The lowest BCUT2D eigenvalue weighted by Crippen LogP contribution is -2.55. The Labute approximate surface area is 162 Å². The summed E-state index contributed by atoms with van der Waals surface area (Å²) in [5.74, 6) is -3.18. The molecule has 4 N–H and O–H groups in total. The molecule has 1 aromatic carbocycles. The van der Waals surface area contributed by atoms with Crippen molar-refractivity contribution in [1.82, 2.24) is 16.0 Å². The number of hydrogen-bond acceptors (Lipinski definition) is 5. The number of hydrogen-bond donors (Lipinski definition) is 4. The minimum Gasteiger partial charge on any atom is -0.481 e. The highest BCUT2D eigenvalue weighted by Gasteiger charge is 2.28. The Kier molecular flexibility index (Phi) is 8.80. The van der Waals surface area contributed by atoms with E-state index in [2.05, 4.69) is 16.0 Å². The molecule has 1 aromatic rings. The SMILES string of the molecule is CC(C)C(NC(=O)c1ccccc1)C(=O)N[C@@H](C)C(=O)N[C@H](C=O)CC(=O)O. The Morgan fingerprint density at radius 1 is 0.964 bits per heavy atom. The van der Waals surface area contributed by atoms with E-state index in [1.54, 1.807) is 44.2 Å².